The van der Waals surface area contributed by atoms with Crippen LogP contribution >= 0.6 is 0 Å². The molecule has 0 bridgehead atoms. The van der Waals surface area contributed by atoms with Crippen LogP contribution in [0.25, 0.3) is 0 Å². The molecule has 5 heteroatoms. The Morgan fingerprint density at radius 3 is 2.61 bits per heavy atom. The zero-order chi connectivity index (χ0) is 16.2. The monoisotopic (exact) mass is 311 g/mol. The van der Waals surface area contributed by atoms with E-state index in [1.165, 1.54) is 6.07 Å². The van der Waals surface area contributed by atoms with Gasteiger partial charge in [-0.3, -0.25) is 4.79 Å². The second-order valence-corrected chi connectivity index (χ2v) is 5.87. The van der Waals surface area contributed by atoms with Crippen LogP contribution in [-0.4, -0.2) is 10.6 Å². The molecule has 0 saturated heterocycles. The standard InChI is InChI=1S/C18H21N3O2/c1-2-21-12-15(10-11-16(21)22)19-18(23)20-17(14-8-9-14)13-6-4-3-5-7-13/h3-7,10-12,14,17H,2,8-9H2,1H3,(H2,19,20,23). The number of amides is 2. The van der Waals surface area contributed by atoms with E-state index < -0.39 is 0 Å². The fraction of sp³-hybridized carbons (Fsp3) is 0.333. The summed E-state index contributed by atoms with van der Waals surface area (Å²) < 4.78 is 1.56. The van der Waals surface area contributed by atoms with Gasteiger partial charge in [-0.05, 0) is 37.3 Å². The summed E-state index contributed by atoms with van der Waals surface area (Å²) in [5.41, 5.74) is 1.67. The van der Waals surface area contributed by atoms with Gasteiger partial charge in [0, 0.05) is 18.8 Å². The molecule has 1 saturated carbocycles. The van der Waals surface area contributed by atoms with Gasteiger partial charge in [-0.2, -0.15) is 0 Å². The van der Waals surface area contributed by atoms with Crippen LogP contribution in [-0.2, 0) is 6.54 Å². The summed E-state index contributed by atoms with van der Waals surface area (Å²) in [7, 11) is 0. The zero-order valence-electron chi connectivity index (χ0n) is 13.2. The van der Waals surface area contributed by atoms with Gasteiger partial charge in [0.2, 0.25) is 0 Å². The first-order chi connectivity index (χ1) is 11.2. The average Bonchev–Trinajstić information content (AvgIpc) is 3.40. The number of carbonyl (C=O) groups excluding carboxylic acids is 1. The van der Waals surface area contributed by atoms with Crippen molar-refractivity contribution in [3.8, 4) is 0 Å². The number of pyridine rings is 1. The van der Waals surface area contributed by atoms with E-state index in [9.17, 15) is 9.59 Å². The van der Waals surface area contributed by atoms with Gasteiger partial charge < -0.3 is 15.2 Å². The van der Waals surface area contributed by atoms with Crippen LogP contribution in [0.2, 0.25) is 0 Å². The van der Waals surface area contributed by atoms with Crippen molar-refractivity contribution in [3.05, 3.63) is 64.6 Å². The van der Waals surface area contributed by atoms with Gasteiger partial charge in [-0.25, -0.2) is 4.79 Å². The summed E-state index contributed by atoms with van der Waals surface area (Å²) in [6.07, 6.45) is 3.94. The largest absolute Gasteiger partial charge is 0.331 e. The number of hydrogen-bond donors (Lipinski definition) is 2. The average molecular weight is 311 g/mol. The highest BCUT2D eigenvalue weighted by Crippen LogP contribution is 2.40. The molecule has 5 nitrogen and oxygen atoms in total. The Balaban J connectivity index is 1.69. The second-order valence-electron chi connectivity index (χ2n) is 5.87. The lowest BCUT2D eigenvalue weighted by Crippen LogP contribution is -2.34. The van der Waals surface area contributed by atoms with Gasteiger partial charge in [-0.1, -0.05) is 30.3 Å². The molecule has 1 atom stereocenters. The molecule has 3 rings (SSSR count). The highest BCUT2D eigenvalue weighted by molar-refractivity contribution is 5.89. The SMILES string of the molecule is CCn1cc(NC(=O)NC(c2ccccc2)C2CC2)ccc1=O. The molecule has 0 radical (unpaired) electrons. The van der Waals surface area contributed by atoms with Crippen LogP contribution in [0.1, 0.15) is 31.4 Å². The summed E-state index contributed by atoms with van der Waals surface area (Å²) >= 11 is 0. The van der Waals surface area contributed by atoms with Crippen LogP contribution in [0.3, 0.4) is 0 Å². The van der Waals surface area contributed by atoms with E-state index >= 15 is 0 Å². The molecule has 1 heterocycles. The van der Waals surface area contributed by atoms with Crippen LogP contribution in [0.5, 0.6) is 0 Å². The molecule has 120 valence electrons. The fourth-order valence-corrected chi connectivity index (χ4v) is 2.72. The fourth-order valence-electron chi connectivity index (χ4n) is 2.72. The van der Waals surface area contributed by atoms with Gasteiger partial charge in [0.25, 0.3) is 5.56 Å². The number of nitrogens with one attached hydrogen (secondary N) is 2. The first-order valence-corrected chi connectivity index (χ1v) is 8.00. The van der Waals surface area contributed by atoms with E-state index in [1.807, 2.05) is 37.3 Å². The number of nitrogens with zero attached hydrogens (tertiary/aromatic N) is 1. The minimum atomic E-state index is -0.243. The molecule has 23 heavy (non-hydrogen) atoms. The van der Waals surface area contributed by atoms with Crippen molar-refractivity contribution in [2.24, 2.45) is 5.92 Å². The van der Waals surface area contributed by atoms with Crippen molar-refractivity contribution < 1.29 is 4.79 Å². The topological polar surface area (TPSA) is 63.1 Å². The third-order valence-corrected chi connectivity index (χ3v) is 4.12. The summed E-state index contributed by atoms with van der Waals surface area (Å²) in [5, 5.41) is 5.88. The van der Waals surface area contributed by atoms with E-state index in [4.69, 9.17) is 0 Å². The minimum Gasteiger partial charge on any atom is -0.331 e. The van der Waals surface area contributed by atoms with Gasteiger partial charge in [-0.15, -0.1) is 0 Å². The number of anilines is 1. The van der Waals surface area contributed by atoms with Gasteiger partial charge in [0.15, 0.2) is 0 Å². The van der Waals surface area contributed by atoms with Crippen LogP contribution < -0.4 is 16.2 Å². The molecular weight excluding hydrogens is 290 g/mol. The first kappa shape index (κ1) is 15.3. The number of rotatable bonds is 5. The van der Waals surface area contributed by atoms with Crippen molar-refractivity contribution in [3.63, 3.8) is 0 Å². The number of carbonyl (C=O) groups is 1. The van der Waals surface area contributed by atoms with E-state index in [1.54, 1.807) is 16.8 Å². The lowest BCUT2D eigenvalue weighted by molar-refractivity contribution is 0.247. The second kappa shape index (κ2) is 6.69. The van der Waals surface area contributed by atoms with Crippen molar-refractivity contribution in [1.82, 2.24) is 9.88 Å². The number of hydrogen-bond acceptors (Lipinski definition) is 2. The summed E-state index contributed by atoms with van der Waals surface area (Å²) in [6.45, 7) is 2.47. The number of aromatic nitrogens is 1. The van der Waals surface area contributed by atoms with Crippen molar-refractivity contribution in [1.29, 1.82) is 0 Å². The van der Waals surface area contributed by atoms with Crippen LogP contribution in [0.4, 0.5) is 10.5 Å². The Labute approximate surface area is 135 Å². The molecule has 2 aromatic rings. The van der Waals surface area contributed by atoms with Gasteiger partial charge in [0.1, 0.15) is 0 Å². The highest BCUT2D eigenvalue weighted by atomic mass is 16.2. The maximum Gasteiger partial charge on any atom is 0.319 e. The summed E-state index contributed by atoms with van der Waals surface area (Å²) in [5.74, 6) is 0.507. The third-order valence-electron chi connectivity index (χ3n) is 4.12. The molecule has 2 N–H and O–H groups in total. The Kier molecular flexibility index (Phi) is 4.46. The van der Waals surface area contributed by atoms with Crippen molar-refractivity contribution in [2.45, 2.75) is 32.4 Å². The Bertz CT molecular complexity index is 735. The molecule has 1 unspecified atom stereocenters. The highest BCUT2D eigenvalue weighted by Gasteiger charge is 2.33. The number of urea groups is 1. The quantitative estimate of drug-likeness (QED) is 0.891. The molecule has 1 fully saturated rings. The van der Waals surface area contributed by atoms with Crippen molar-refractivity contribution in [2.75, 3.05) is 5.32 Å². The lowest BCUT2D eigenvalue weighted by Gasteiger charge is -2.19. The Morgan fingerprint density at radius 1 is 1.22 bits per heavy atom. The van der Waals surface area contributed by atoms with Crippen LogP contribution in [0.15, 0.2) is 53.5 Å². The Morgan fingerprint density at radius 2 is 1.96 bits per heavy atom. The molecule has 2 amide bonds. The first-order valence-electron chi connectivity index (χ1n) is 8.00. The third kappa shape index (κ3) is 3.80. The molecule has 0 aliphatic heterocycles. The van der Waals surface area contributed by atoms with E-state index in [0.29, 0.717) is 18.2 Å². The summed E-state index contributed by atoms with van der Waals surface area (Å²) in [4.78, 5) is 23.9. The Hall–Kier alpha value is -2.56. The van der Waals surface area contributed by atoms with E-state index in [-0.39, 0.29) is 17.6 Å². The molecule has 0 spiro atoms. The lowest BCUT2D eigenvalue weighted by atomic mass is 10.0. The van der Waals surface area contributed by atoms with Gasteiger partial charge in [0.05, 0.1) is 11.7 Å². The maximum atomic E-state index is 12.3. The molecule has 1 aromatic heterocycles. The van der Waals surface area contributed by atoms with Crippen LogP contribution in [0, 0.1) is 5.92 Å². The molecular formula is C18H21N3O2. The number of aryl methyl sites for hydroxylation is 1. The normalized spacial score (nSPS) is 15.0. The zero-order valence-corrected chi connectivity index (χ0v) is 13.2. The van der Waals surface area contributed by atoms with Crippen molar-refractivity contribution >= 4 is 11.7 Å². The summed E-state index contributed by atoms with van der Waals surface area (Å²) in [6, 6.07) is 12.9. The van der Waals surface area contributed by atoms with E-state index in [2.05, 4.69) is 10.6 Å². The van der Waals surface area contributed by atoms with E-state index in [0.717, 1.165) is 18.4 Å². The predicted octanol–water partition coefficient (Wildman–Crippen LogP) is 3.14. The molecule has 1 aromatic carbocycles. The molecule has 1 aliphatic rings. The number of benzene rings is 1. The van der Waals surface area contributed by atoms with Gasteiger partial charge >= 0.3 is 6.03 Å². The minimum absolute atomic E-state index is 0.0354. The molecule has 1 aliphatic carbocycles. The predicted molar refractivity (Wildman–Crippen MR) is 90.4 cm³/mol. The maximum absolute atomic E-state index is 12.3. The smallest absolute Gasteiger partial charge is 0.319 e.